The van der Waals surface area contributed by atoms with Gasteiger partial charge in [0.2, 0.25) is 0 Å². The highest BCUT2D eigenvalue weighted by molar-refractivity contribution is 7.14. The number of fused-ring (bicyclic) bond motifs is 3. The van der Waals surface area contributed by atoms with Gasteiger partial charge in [0.15, 0.2) is 0 Å². The summed E-state index contributed by atoms with van der Waals surface area (Å²) in [5.41, 5.74) is 2.82. The van der Waals surface area contributed by atoms with Gasteiger partial charge in [0.05, 0.1) is 42.2 Å². The van der Waals surface area contributed by atoms with Crippen LogP contribution in [0.4, 0.5) is 10.5 Å². The fourth-order valence-corrected chi connectivity index (χ4v) is 4.47. The van der Waals surface area contributed by atoms with E-state index in [0.717, 1.165) is 43.0 Å². The third kappa shape index (κ3) is 5.33. The predicted octanol–water partition coefficient (Wildman–Crippen LogP) is 3.99. The molecule has 2 aromatic rings. The summed E-state index contributed by atoms with van der Waals surface area (Å²) in [5.74, 6) is 1.03. The summed E-state index contributed by atoms with van der Waals surface area (Å²) in [6.45, 7) is 8.26. The summed E-state index contributed by atoms with van der Waals surface area (Å²) in [4.78, 5) is 23.4. The van der Waals surface area contributed by atoms with Crippen LogP contribution >= 0.6 is 11.3 Å². The molecule has 9 heteroatoms. The molecule has 0 fully saturated rings. The molecule has 1 aliphatic rings. The molecule has 1 aliphatic heterocycles. The Morgan fingerprint density at radius 3 is 2.80 bits per heavy atom. The molecule has 3 rings (SSSR count). The number of nitrogens with zero attached hydrogens (tertiary/aromatic N) is 3. The summed E-state index contributed by atoms with van der Waals surface area (Å²) in [6.07, 6.45) is 2.17. The van der Waals surface area contributed by atoms with Gasteiger partial charge in [-0.05, 0) is 45.1 Å². The van der Waals surface area contributed by atoms with Crippen LogP contribution in [0, 0.1) is 0 Å². The minimum absolute atomic E-state index is 0.369. The molecule has 166 valence electrons. The van der Waals surface area contributed by atoms with Crippen LogP contribution in [0.25, 0.3) is 10.6 Å². The summed E-state index contributed by atoms with van der Waals surface area (Å²) >= 11 is 1.70. The van der Waals surface area contributed by atoms with E-state index in [0.29, 0.717) is 19.7 Å². The van der Waals surface area contributed by atoms with Gasteiger partial charge < -0.3 is 19.4 Å². The Bertz CT molecular complexity index is 856. The van der Waals surface area contributed by atoms with Crippen LogP contribution in [0.15, 0.2) is 11.4 Å². The second-order valence-corrected chi connectivity index (χ2v) is 9.12. The van der Waals surface area contributed by atoms with E-state index in [4.69, 9.17) is 19.3 Å². The number of unbranched alkanes of at least 4 members (excludes halogenated alkanes) is 1. The molecule has 0 saturated heterocycles. The van der Waals surface area contributed by atoms with E-state index >= 15 is 0 Å². The molecular weight excluding hydrogens is 404 g/mol. The SMILES string of the molecule is COCCc1nc2c(n1CCCCNC(=O)OC(C)(C)C)-c1sccc1N(OC)C2. The topological polar surface area (TPSA) is 77.8 Å². The molecule has 0 atom stereocenters. The smallest absolute Gasteiger partial charge is 0.407 e. The van der Waals surface area contributed by atoms with Crippen molar-refractivity contribution < 1.29 is 19.1 Å². The summed E-state index contributed by atoms with van der Waals surface area (Å²) < 4.78 is 12.9. The molecule has 0 radical (unpaired) electrons. The van der Waals surface area contributed by atoms with E-state index in [1.54, 1.807) is 25.6 Å². The Hall–Kier alpha value is -2.10. The first-order valence-electron chi connectivity index (χ1n) is 10.3. The van der Waals surface area contributed by atoms with Crippen molar-refractivity contribution in [2.45, 2.75) is 58.7 Å². The van der Waals surface area contributed by atoms with Gasteiger partial charge in [0, 0.05) is 26.6 Å². The highest BCUT2D eigenvalue weighted by atomic mass is 32.1. The van der Waals surface area contributed by atoms with Crippen LogP contribution in [-0.2, 0) is 33.8 Å². The van der Waals surface area contributed by atoms with Crippen LogP contribution in [-0.4, -0.2) is 48.6 Å². The van der Waals surface area contributed by atoms with E-state index in [1.165, 1.54) is 10.6 Å². The minimum Gasteiger partial charge on any atom is -0.444 e. The lowest BCUT2D eigenvalue weighted by molar-refractivity contribution is 0.0527. The van der Waals surface area contributed by atoms with Crippen LogP contribution in [0.1, 0.15) is 45.1 Å². The van der Waals surface area contributed by atoms with E-state index < -0.39 is 5.60 Å². The second-order valence-electron chi connectivity index (χ2n) is 8.21. The van der Waals surface area contributed by atoms with Gasteiger partial charge in [-0.3, -0.25) is 4.84 Å². The Kier molecular flexibility index (Phi) is 7.38. The van der Waals surface area contributed by atoms with Crippen molar-refractivity contribution in [1.29, 1.82) is 0 Å². The van der Waals surface area contributed by atoms with Gasteiger partial charge in [-0.25, -0.2) is 14.8 Å². The quantitative estimate of drug-likeness (QED) is 0.599. The van der Waals surface area contributed by atoms with Crippen molar-refractivity contribution in [2.24, 2.45) is 0 Å². The van der Waals surface area contributed by atoms with Crippen LogP contribution in [0.2, 0.25) is 0 Å². The van der Waals surface area contributed by atoms with Gasteiger partial charge in [-0.2, -0.15) is 0 Å². The highest BCUT2D eigenvalue weighted by Crippen LogP contribution is 2.43. The van der Waals surface area contributed by atoms with Gasteiger partial charge >= 0.3 is 6.09 Å². The summed E-state index contributed by atoms with van der Waals surface area (Å²) in [6, 6.07) is 2.09. The van der Waals surface area contributed by atoms with E-state index in [-0.39, 0.29) is 6.09 Å². The summed E-state index contributed by atoms with van der Waals surface area (Å²) in [5, 5.41) is 6.80. The number of anilines is 1. The maximum atomic E-state index is 11.8. The minimum atomic E-state index is -0.481. The molecule has 0 spiro atoms. The molecular formula is C21H32N4O4S. The first kappa shape index (κ1) is 22.6. The number of aromatic nitrogens is 2. The molecule has 0 unspecified atom stereocenters. The maximum absolute atomic E-state index is 11.8. The van der Waals surface area contributed by atoms with Gasteiger partial charge in [0.1, 0.15) is 11.4 Å². The van der Waals surface area contributed by atoms with Crippen LogP contribution in [0.5, 0.6) is 0 Å². The number of thiophene rings is 1. The lowest BCUT2D eigenvalue weighted by atomic mass is 10.1. The zero-order chi connectivity index (χ0) is 21.7. The Morgan fingerprint density at radius 2 is 2.10 bits per heavy atom. The zero-order valence-electron chi connectivity index (χ0n) is 18.5. The molecule has 8 nitrogen and oxygen atoms in total. The summed E-state index contributed by atoms with van der Waals surface area (Å²) in [7, 11) is 3.40. The average molecular weight is 437 g/mol. The van der Waals surface area contributed by atoms with Crippen molar-refractivity contribution in [3.63, 3.8) is 0 Å². The number of ether oxygens (including phenoxy) is 2. The molecule has 3 heterocycles. The number of hydroxylamine groups is 1. The number of carbonyl (C=O) groups is 1. The van der Waals surface area contributed by atoms with Crippen LogP contribution < -0.4 is 10.4 Å². The van der Waals surface area contributed by atoms with Crippen molar-refractivity contribution in [1.82, 2.24) is 14.9 Å². The highest BCUT2D eigenvalue weighted by Gasteiger charge is 2.29. The standard InChI is InChI=1S/C21H32N4O4S/c1-21(2,3)29-20(26)22-10-6-7-11-24-17(8-12-27-4)23-15-14-25(28-5)16-9-13-30-19(16)18(15)24/h9,13H,6-8,10-12,14H2,1-5H3,(H,22,26). The molecule has 0 aromatic carbocycles. The Balaban J connectivity index is 1.68. The number of carbonyl (C=O) groups excluding carboxylic acids is 1. The number of hydrogen-bond acceptors (Lipinski definition) is 7. The van der Waals surface area contributed by atoms with Gasteiger partial charge in [0.25, 0.3) is 0 Å². The predicted molar refractivity (Wildman–Crippen MR) is 118 cm³/mol. The molecule has 2 aromatic heterocycles. The average Bonchev–Trinajstić information content (AvgIpc) is 3.28. The van der Waals surface area contributed by atoms with Crippen molar-refractivity contribution in [3.8, 4) is 10.6 Å². The third-order valence-corrected chi connectivity index (χ3v) is 5.68. The number of rotatable bonds is 9. The third-order valence-electron chi connectivity index (χ3n) is 4.77. The normalized spacial score (nSPS) is 13.2. The lowest BCUT2D eigenvalue weighted by Gasteiger charge is -2.26. The number of methoxy groups -OCH3 is 1. The van der Waals surface area contributed by atoms with Crippen molar-refractivity contribution in [2.75, 3.05) is 32.4 Å². The Morgan fingerprint density at radius 1 is 1.30 bits per heavy atom. The van der Waals surface area contributed by atoms with Crippen molar-refractivity contribution in [3.05, 3.63) is 23.0 Å². The molecule has 30 heavy (non-hydrogen) atoms. The van der Waals surface area contributed by atoms with E-state index in [1.807, 2.05) is 25.8 Å². The number of imidazole rings is 1. The Labute approximate surface area is 182 Å². The largest absolute Gasteiger partial charge is 0.444 e. The van der Waals surface area contributed by atoms with E-state index in [9.17, 15) is 4.79 Å². The lowest BCUT2D eigenvalue weighted by Crippen LogP contribution is -2.33. The second kappa shape index (κ2) is 9.80. The first-order valence-corrected chi connectivity index (χ1v) is 11.2. The number of amides is 1. The molecule has 1 amide bonds. The van der Waals surface area contributed by atoms with Crippen LogP contribution in [0.3, 0.4) is 0 Å². The van der Waals surface area contributed by atoms with E-state index in [2.05, 4.69) is 21.3 Å². The number of hydrogen-bond donors (Lipinski definition) is 1. The monoisotopic (exact) mass is 436 g/mol. The molecule has 0 aliphatic carbocycles. The fourth-order valence-electron chi connectivity index (χ4n) is 3.50. The first-order chi connectivity index (χ1) is 14.3. The van der Waals surface area contributed by atoms with Gasteiger partial charge in [-0.1, -0.05) is 0 Å². The van der Waals surface area contributed by atoms with Gasteiger partial charge in [-0.15, -0.1) is 11.3 Å². The molecule has 0 saturated carbocycles. The van der Waals surface area contributed by atoms with Crippen molar-refractivity contribution >= 4 is 23.1 Å². The maximum Gasteiger partial charge on any atom is 0.407 e. The number of nitrogens with one attached hydrogen (secondary N) is 1. The molecule has 1 N–H and O–H groups in total. The fraction of sp³-hybridized carbons (Fsp3) is 0.619. The number of alkyl carbamates (subject to hydrolysis) is 1. The molecule has 0 bridgehead atoms. The zero-order valence-corrected chi connectivity index (χ0v) is 19.3.